The second-order valence-electron chi connectivity index (χ2n) is 2.86. The largest absolute Gasteiger partial charge is 2.00 e. The number of ether oxygens (including phenoxy) is 4. The summed E-state index contributed by atoms with van der Waals surface area (Å²) in [5, 5.41) is 20.2. The van der Waals surface area contributed by atoms with E-state index < -0.39 is 12.6 Å². The maximum Gasteiger partial charge on any atom is 2.00 e. The molecule has 0 spiro atoms. The summed E-state index contributed by atoms with van der Waals surface area (Å²) in [7, 11) is 3.14. The van der Waals surface area contributed by atoms with Gasteiger partial charge in [-0.25, -0.2) is 0 Å². The van der Waals surface area contributed by atoms with Gasteiger partial charge in [0.25, 0.3) is 0 Å². The molecule has 0 heterocycles. The Labute approximate surface area is 133 Å². The van der Waals surface area contributed by atoms with Crippen LogP contribution in [-0.2, 0) is 18.9 Å². The summed E-state index contributed by atoms with van der Waals surface area (Å²) in [6.45, 7) is 4.67. The molecule has 0 saturated heterocycles. The second kappa shape index (κ2) is 19.4. The minimum Gasteiger partial charge on any atom is -0.831 e. The van der Waals surface area contributed by atoms with Gasteiger partial charge in [0.05, 0.1) is 26.4 Å². The number of rotatable bonds is 8. The van der Waals surface area contributed by atoms with Crippen LogP contribution in [0, 0.1) is 0 Å². The monoisotopic (exact) mass is 278 g/mol. The van der Waals surface area contributed by atoms with Gasteiger partial charge in [-0.2, -0.15) is 0 Å². The fourth-order valence-electron chi connectivity index (χ4n) is 0.595. The quantitative estimate of drug-likeness (QED) is 0.300. The minimum absolute atomic E-state index is 0. The van der Waals surface area contributed by atoms with Gasteiger partial charge >= 0.3 is 37.7 Å². The van der Waals surface area contributed by atoms with Crippen molar-refractivity contribution in [3.8, 4) is 0 Å². The molecule has 0 aromatic rings. The van der Waals surface area contributed by atoms with Crippen LogP contribution in [0.15, 0.2) is 0 Å². The SMILES string of the molecule is COCCOC(C)[O-].COCCOC(C)[O-].[Ca+2]. The summed E-state index contributed by atoms with van der Waals surface area (Å²) in [5.74, 6) is 0. The average Bonchev–Trinajstić information content (AvgIpc) is 2.18. The molecule has 0 amide bonds. The Morgan fingerprint density at radius 2 is 1.06 bits per heavy atom. The van der Waals surface area contributed by atoms with E-state index in [1.165, 1.54) is 13.8 Å². The van der Waals surface area contributed by atoms with Crippen molar-refractivity contribution in [2.75, 3.05) is 40.6 Å². The van der Waals surface area contributed by atoms with E-state index in [0.717, 1.165) is 0 Å². The van der Waals surface area contributed by atoms with E-state index in [2.05, 4.69) is 18.9 Å². The van der Waals surface area contributed by atoms with Crippen molar-refractivity contribution < 1.29 is 29.2 Å². The fourth-order valence-corrected chi connectivity index (χ4v) is 0.595. The van der Waals surface area contributed by atoms with Crippen LogP contribution >= 0.6 is 0 Å². The van der Waals surface area contributed by atoms with E-state index in [0.29, 0.717) is 26.4 Å². The summed E-state index contributed by atoms with van der Waals surface area (Å²) >= 11 is 0. The van der Waals surface area contributed by atoms with Crippen molar-refractivity contribution in [3.05, 3.63) is 0 Å². The predicted octanol–water partition coefficient (Wildman–Crippen LogP) is -1.67. The third-order valence-corrected chi connectivity index (χ3v) is 1.28. The van der Waals surface area contributed by atoms with Crippen LogP contribution in [0.1, 0.15) is 13.8 Å². The first kappa shape index (κ1) is 23.1. The Hall–Kier alpha value is 1.02. The molecule has 6 nitrogen and oxygen atoms in total. The summed E-state index contributed by atoms with van der Waals surface area (Å²) in [6, 6.07) is 0. The third kappa shape index (κ3) is 31.6. The van der Waals surface area contributed by atoms with Gasteiger partial charge in [0.1, 0.15) is 0 Å². The van der Waals surface area contributed by atoms with E-state index >= 15 is 0 Å². The molecule has 0 aromatic carbocycles. The normalized spacial score (nSPS) is 13.1. The number of hydrogen-bond acceptors (Lipinski definition) is 6. The molecular formula is C10H22CaO6. The molecule has 17 heavy (non-hydrogen) atoms. The minimum atomic E-state index is -0.926. The molecule has 0 N–H and O–H groups in total. The molecular weight excluding hydrogens is 256 g/mol. The van der Waals surface area contributed by atoms with E-state index in [1.807, 2.05) is 0 Å². The molecule has 0 aromatic heterocycles. The van der Waals surface area contributed by atoms with Crippen LogP contribution < -0.4 is 10.2 Å². The first-order valence-corrected chi connectivity index (χ1v) is 5.07. The molecule has 0 aliphatic carbocycles. The maximum atomic E-state index is 10.1. The van der Waals surface area contributed by atoms with E-state index in [1.54, 1.807) is 14.2 Å². The molecule has 0 saturated carbocycles. The van der Waals surface area contributed by atoms with Crippen molar-refractivity contribution in [2.45, 2.75) is 26.4 Å². The van der Waals surface area contributed by atoms with Gasteiger partial charge in [0, 0.05) is 14.2 Å². The summed E-state index contributed by atoms with van der Waals surface area (Å²) in [4.78, 5) is 0. The van der Waals surface area contributed by atoms with Gasteiger partial charge in [0.15, 0.2) is 0 Å². The van der Waals surface area contributed by atoms with E-state index in [4.69, 9.17) is 0 Å². The molecule has 0 aliphatic rings. The molecule has 2 atom stereocenters. The topological polar surface area (TPSA) is 83.0 Å². The molecule has 2 unspecified atom stereocenters. The van der Waals surface area contributed by atoms with E-state index in [9.17, 15) is 10.2 Å². The van der Waals surface area contributed by atoms with Gasteiger partial charge in [-0.15, -0.1) is 0 Å². The van der Waals surface area contributed by atoms with Gasteiger partial charge in [-0.1, -0.05) is 13.8 Å². The zero-order chi connectivity index (χ0) is 12.8. The van der Waals surface area contributed by atoms with Crippen LogP contribution in [0.4, 0.5) is 0 Å². The molecule has 0 fully saturated rings. The maximum absolute atomic E-state index is 10.1. The summed E-state index contributed by atoms with van der Waals surface area (Å²) < 4.78 is 18.5. The van der Waals surface area contributed by atoms with Crippen LogP contribution in [-0.4, -0.2) is 91.0 Å². The summed E-state index contributed by atoms with van der Waals surface area (Å²) in [6.07, 6.45) is -1.85. The smallest absolute Gasteiger partial charge is 0.831 e. The zero-order valence-electron chi connectivity index (χ0n) is 11.1. The Bertz CT molecular complexity index is 109. The van der Waals surface area contributed by atoms with E-state index in [-0.39, 0.29) is 37.7 Å². The Morgan fingerprint density at radius 3 is 1.24 bits per heavy atom. The summed E-state index contributed by atoms with van der Waals surface area (Å²) in [5.41, 5.74) is 0. The Balaban J connectivity index is -0.000000218. The van der Waals surface area contributed by atoms with Crippen molar-refractivity contribution in [1.29, 1.82) is 0 Å². The van der Waals surface area contributed by atoms with Crippen molar-refractivity contribution >= 4 is 37.7 Å². The molecule has 0 rings (SSSR count). The van der Waals surface area contributed by atoms with Gasteiger partial charge in [-0.3, -0.25) is 0 Å². The van der Waals surface area contributed by atoms with Crippen LogP contribution in [0.3, 0.4) is 0 Å². The van der Waals surface area contributed by atoms with Gasteiger partial charge in [0.2, 0.25) is 0 Å². The molecule has 100 valence electrons. The Morgan fingerprint density at radius 1 is 0.765 bits per heavy atom. The molecule has 0 radical (unpaired) electrons. The third-order valence-electron chi connectivity index (χ3n) is 1.28. The molecule has 7 heteroatoms. The van der Waals surface area contributed by atoms with Crippen molar-refractivity contribution in [2.24, 2.45) is 0 Å². The second-order valence-corrected chi connectivity index (χ2v) is 2.86. The van der Waals surface area contributed by atoms with Crippen molar-refractivity contribution in [1.82, 2.24) is 0 Å². The molecule has 0 bridgehead atoms. The number of methoxy groups -OCH3 is 2. The first-order chi connectivity index (χ1) is 7.54. The first-order valence-electron chi connectivity index (χ1n) is 5.07. The van der Waals surface area contributed by atoms with Crippen molar-refractivity contribution in [3.63, 3.8) is 0 Å². The van der Waals surface area contributed by atoms with Crippen LogP contribution in [0.25, 0.3) is 0 Å². The van der Waals surface area contributed by atoms with Gasteiger partial charge < -0.3 is 29.2 Å². The van der Waals surface area contributed by atoms with Crippen LogP contribution in [0.2, 0.25) is 0 Å². The van der Waals surface area contributed by atoms with Gasteiger partial charge in [-0.05, 0) is 12.6 Å². The Kier molecular flexibility index (Phi) is 26.4. The number of hydrogen-bond donors (Lipinski definition) is 0. The predicted molar refractivity (Wildman–Crippen MR) is 60.3 cm³/mol. The van der Waals surface area contributed by atoms with Crippen LogP contribution in [0.5, 0.6) is 0 Å². The zero-order valence-corrected chi connectivity index (χ0v) is 13.3. The standard InChI is InChI=1S/2C5H11O3.Ca/c2*1-5(6)8-4-3-7-2;/h2*5H,3-4H2,1-2H3;/q2*-1;+2. The molecule has 0 aliphatic heterocycles. The average molecular weight is 278 g/mol. The fraction of sp³-hybridized carbons (Fsp3) is 1.00.